The van der Waals surface area contributed by atoms with Gasteiger partial charge in [0.05, 0.1) is 17.3 Å². The summed E-state index contributed by atoms with van der Waals surface area (Å²) in [5, 5.41) is 0. The number of imide groups is 1. The number of methoxy groups -OCH3 is 1. The van der Waals surface area contributed by atoms with Crippen molar-refractivity contribution in [3.05, 3.63) is 33.8 Å². The van der Waals surface area contributed by atoms with Crippen LogP contribution in [0.25, 0.3) is 0 Å². The van der Waals surface area contributed by atoms with Crippen LogP contribution in [0.2, 0.25) is 0 Å². The number of halogens is 1. The van der Waals surface area contributed by atoms with Crippen molar-refractivity contribution < 1.29 is 23.9 Å². The Balaban J connectivity index is 1.89. The van der Waals surface area contributed by atoms with Gasteiger partial charge in [0, 0.05) is 17.2 Å². The lowest BCUT2D eigenvalue weighted by atomic mass is 9.93. The molecule has 132 valence electrons. The monoisotopic (exact) mass is 407 g/mol. The largest absolute Gasteiger partial charge is 0.478 e. The predicted molar refractivity (Wildman–Crippen MR) is 94.2 cm³/mol. The summed E-state index contributed by atoms with van der Waals surface area (Å²) >= 11 is 3.35. The highest BCUT2D eigenvalue weighted by Crippen LogP contribution is 2.38. The molecule has 2 amide bonds. The summed E-state index contributed by atoms with van der Waals surface area (Å²) in [4.78, 5) is 38.0. The molecule has 1 aromatic carbocycles. The van der Waals surface area contributed by atoms with Crippen LogP contribution in [-0.2, 0) is 19.1 Å². The topological polar surface area (TPSA) is 72.9 Å². The van der Waals surface area contributed by atoms with Gasteiger partial charge in [-0.15, -0.1) is 0 Å². The molecule has 1 heterocycles. The Hall–Kier alpha value is -2.15. The number of benzene rings is 1. The summed E-state index contributed by atoms with van der Waals surface area (Å²) < 4.78 is 10.9. The number of hydrogen-bond donors (Lipinski definition) is 0. The molecule has 3 rings (SSSR count). The fourth-order valence-electron chi connectivity index (χ4n) is 3.10. The molecule has 25 heavy (non-hydrogen) atoms. The molecule has 6 nitrogen and oxygen atoms in total. The molecule has 0 N–H and O–H groups in total. The quantitative estimate of drug-likeness (QED) is 0.566. The van der Waals surface area contributed by atoms with E-state index in [-0.39, 0.29) is 11.8 Å². The average molecular weight is 408 g/mol. The molecular weight excluding hydrogens is 390 g/mol. The number of carbonyl (C=O) groups is 3. The average Bonchev–Trinajstić information content (AvgIpc) is 2.87. The zero-order chi connectivity index (χ0) is 18.1. The van der Waals surface area contributed by atoms with Gasteiger partial charge in [0.15, 0.2) is 6.10 Å². The van der Waals surface area contributed by atoms with Crippen molar-refractivity contribution in [1.82, 2.24) is 0 Å². The van der Waals surface area contributed by atoms with E-state index in [1.165, 1.54) is 12.0 Å². The summed E-state index contributed by atoms with van der Waals surface area (Å²) in [7, 11) is 1.28. The van der Waals surface area contributed by atoms with E-state index >= 15 is 0 Å². The van der Waals surface area contributed by atoms with Gasteiger partial charge in [-0.25, -0.2) is 9.69 Å². The van der Waals surface area contributed by atoms with Gasteiger partial charge in [-0.05, 0) is 60.7 Å². The highest BCUT2D eigenvalue weighted by Gasteiger charge is 2.39. The Kier molecular flexibility index (Phi) is 4.94. The third-order valence-electron chi connectivity index (χ3n) is 4.40. The Bertz CT molecular complexity index is 758. The lowest BCUT2D eigenvalue weighted by Gasteiger charge is -2.19. The van der Waals surface area contributed by atoms with Gasteiger partial charge in [0.1, 0.15) is 5.75 Å². The van der Waals surface area contributed by atoms with Gasteiger partial charge in [-0.2, -0.15) is 0 Å². The van der Waals surface area contributed by atoms with Gasteiger partial charge < -0.3 is 9.47 Å². The summed E-state index contributed by atoms with van der Waals surface area (Å²) in [5.74, 6) is -0.661. The predicted octanol–water partition coefficient (Wildman–Crippen LogP) is 3.13. The van der Waals surface area contributed by atoms with E-state index in [0.29, 0.717) is 39.9 Å². The number of rotatable bonds is 4. The van der Waals surface area contributed by atoms with E-state index in [4.69, 9.17) is 4.74 Å². The molecule has 0 radical (unpaired) electrons. The van der Waals surface area contributed by atoms with E-state index in [1.807, 2.05) is 0 Å². The molecule has 1 unspecified atom stereocenters. The second kappa shape index (κ2) is 7.00. The molecule has 1 aliphatic heterocycles. The first-order valence-corrected chi connectivity index (χ1v) is 8.88. The van der Waals surface area contributed by atoms with E-state index in [1.54, 1.807) is 25.1 Å². The Labute approximate surface area is 153 Å². The first-order chi connectivity index (χ1) is 11.9. The third-order valence-corrected chi connectivity index (χ3v) is 5.06. The second-order valence-corrected chi connectivity index (χ2v) is 6.86. The van der Waals surface area contributed by atoms with Crippen LogP contribution in [-0.4, -0.2) is 31.0 Å². The number of carbonyl (C=O) groups excluding carboxylic acids is 3. The number of esters is 1. The molecule has 1 atom stereocenters. The molecule has 2 aliphatic rings. The summed E-state index contributed by atoms with van der Waals surface area (Å²) in [5.41, 5.74) is 1.69. The first kappa shape index (κ1) is 17.7. The van der Waals surface area contributed by atoms with Crippen LogP contribution in [0.5, 0.6) is 5.75 Å². The van der Waals surface area contributed by atoms with Crippen molar-refractivity contribution in [3.8, 4) is 5.75 Å². The Morgan fingerprint density at radius 2 is 1.76 bits per heavy atom. The normalized spacial score (nSPS) is 18.3. The van der Waals surface area contributed by atoms with E-state index in [2.05, 4.69) is 20.7 Å². The zero-order valence-corrected chi connectivity index (χ0v) is 15.6. The standard InChI is InChI=1S/C18H18BrNO5/c1-10(18(23)24-2)25-15-9-11(7-8-14(15)19)20-16(21)12-5-3-4-6-13(12)17(20)22/h7-10H,3-6H2,1-2H3. The van der Waals surface area contributed by atoms with Crippen LogP contribution in [0.3, 0.4) is 0 Å². The summed E-state index contributed by atoms with van der Waals surface area (Å²) in [6.07, 6.45) is 2.34. The van der Waals surface area contributed by atoms with Crippen LogP contribution in [0.1, 0.15) is 32.6 Å². The first-order valence-electron chi connectivity index (χ1n) is 8.09. The summed E-state index contributed by atoms with van der Waals surface area (Å²) in [6, 6.07) is 4.94. The third kappa shape index (κ3) is 3.20. The molecule has 0 spiro atoms. The van der Waals surface area contributed by atoms with Crippen LogP contribution >= 0.6 is 15.9 Å². The molecule has 0 saturated carbocycles. The van der Waals surface area contributed by atoms with E-state index in [9.17, 15) is 14.4 Å². The molecule has 7 heteroatoms. The van der Waals surface area contributed by atoms with Crippen molar-refractivity contribution in [2.75, 3.05) is 12.0 Å². The number of hydrogen-bond acceptors (Lipinski definition) is 5. The van der Waals surface area contributed by atoms with Gasteiger partial charge in [0.25, 0.3) is 11.8 Å². The number of anilines is 1. The Morgan fingerprint density at radius 3 is 2.32 bits per heavy atom. The maximum atomic E-state index is 12.6. The smallest absolute Gasteiger partial charge is 0.346 e. The molecule has 1 aromatic rings. The number of nitrogens with zero attached hydrogens (tertiary/aromatic N) is 1. The molecular formula is C18H18BrNO5. The fraction of sp³-hybridized carbons (Fsp3) is 0.389. The van der Waals surface area contributed by atoms with Crippen molar-refractivity contribution in [3.63, 3.8) is 0 Å². The van der Waals surface area contributed by atoms with Crippen LogP contribution in [0.4, 0.5) is 5.69 Å². The van der Waals surface area contributed by atoms with Gasteiger partial charge in [0.2, 0.25) is 0 Å². The molecule has 0 aromatic heterocycles. The molecule has 0 saturated heterocycles. The molecule has 1 aliphatic carbocycles. The molecule has 0 fully saturated rings. The Morgan fingerprint density at radius 1 is 1.16 bits per heavy atom. The van der Waals surface area contributed by atoms with Gasteiger partial charge in [-0.3, -0.25) is 9.59 Å². The lowest BCUT2D eigenvalue weighted by molar-refractivity contribution is -0.148. The van der Waals surface area contributed by atoms with Gasteiger partial charge in [-0.1, -0.05) is 0 Å². The van der Waals surface area contributed by atoms with Crippen molar-refractivity contribution in [2.45, 2.75) is 38.7 Å². The minimum Gasteiger partial charge on any atom is -0.478 e. The zero-order valence-electron chi connectivity index (χ0n) is 14.0. The van der Waals surface area contributed by atoms with Crippen molar-refractivity contribution in [1.29, 1.82) is 0 Å². The van der Waals surface area contributed by atoms with E-state index < -0.39 is 12.1 Å². The van der Waals surface area contributed by atoms with Crippen LogP contribution in [0.15, 0.2) is 33.8 Å². The minimum atomic E-state index is -0.812. The number of ether oxygens (including phenoxy) is 2. The van der Waals surface area contributed by atoms with Crippen molar-refractivity contribution in [2.24, 2.45) is 0 Å². The number of amides is 2. The highest BCUT2D eigenvalue weighted by atomic mass is 79.9. The SMILES string of the molecule is COC(=O)C(C)Oc1cc(N2C(=O)C3=C(CCCC3)C2=O)ccc1Br. The van der Waals surface area contributed by atoms with E-state index in [0.717, 1.165) is 12.8 Å². The van der Waals surface area contributed by atoms with Crippen LogP contribution < -0.4 is 9.64 Å². The summed E-state index contributed by atoms with van der Waals surface area (Å²) in [6.45, 7) is 1.57. The minimum absolute atomic E-state index is 0.256. The van der Waals surface area contributed by atoms with Gasteiger partial charge >= 0.3 is 5.97 Å². The molecule has 0 bridgehead atoms. The maximum Gasteiger partial charge on any atom is 0.346 e. The highest BCUT2D eigenvalue weighted by molar-refractivity contribution is 9.10. The van der Waals surface area contributed by atoms with Crippen LogP contribution in [0, 0.1) is 0 Å². The lowest BCUT2D eigenvalue weighted by Crippen LogP contribution is -2.31. The van der Waals surface area contributed by atoms with Crippen molar-refractivity contribution >= 4 is 39.4 Å². The second-order valence-electron chi connectivity index (χ2n) is 6.01. The fourth-order valence-corrected chi connectivity index (χ4v) is 3.44. The maximum absolute atomic E-state index is 12.6.